The molecule has 1 aromatic rings. The quantitative estimate of drug-likeness (QED) is 0.470. The topological polar surface area (TPSA) is 84.6 Å². The van der Waals surface area contributed by atoms with Gasteiger partial charge in [-0.1, -0.05) is 56.7 Å². The molecule has 1 aliphatic heterocycles. The molecule has 5 atom stereocenters. The van der Waals surface area contributed by atoms with E-state index in [9.17, 15) is 15.0 Å². The van der Waals surface area contributed by atoms with E-state index in [1.807, 2.05) is 0 Å². The molecule has 1 aliphatic rings. The van der Waals surface area contributed by atoms with Crippen molar-refractivity contribution in [3.05, 3.63) is 28.9 Å². The number of hydrogen-bond donors (Lipinski definition) is 2. The van der Waals surface area contributed by atoms with Gasteiger partial charge in [0.05, 0.1) is 18.0 Å². The molecule has 2 unspecified atom stereocenters. The molecule has 2 heterocycles. The van der Waals surface area contributed by atoms with Crippen molar-refractivity contribution in [1.82, 2.24) is 9.55 Å². The molecule has 0 spiro atoms. The summed E-state index contributed by atoms with van der Waals surface area (Å²) in [6.07, 6.45) is 0.676. The van der Waals surface area contributed by atoms with E-state index in [1.165, 1.54) is 12.3 Å². The Morgan fingerprint density at radius 2 is 2.18 bits per heavy atom. The van der Waals surface area contributed by atoms with E-state index >= 15 is 0 Å². The SMILES string of the molecule is O=c1n[c-]ccn1[C@@H]1O[C@H](CO)[C@H](O)C1S(=S)C(Cl)(Cl)Cl.[Y]. The first-order valence-corrected chi connectivity index (χ1v) is 8.99. The number of nitrogens with zero attached hydrogens (tertiary/aromatic N) is 2. The summed E-state index contributed by atoms with van der Waals surface area (Å²) in [6, 6.07) is 1.40. The van der Waals surface area contributed by atoms with E-state index in [1.54, 1.807) is 0 Å². The Kier molecular flexibility index (Phi) is 8.35. The first-order valence-electron chi connectivity index (χ1n) is 5.64. The minimum Gasteiger partial charge on any atom is -0.394 e. The average molecular weight is 482 g/mol. The number of aliphatic hydroxyl groups is 2. The number of rotatable bonds is 3. The predicted molar refractivity (Wildman–Crippen MR) is 83.1 cm³/mol. The van der Waals surface area contributed by atoms with Crippen molar-refractivity contribution in [2.24, 2.45) is 0 Å². The molecule has 0 aromatic carbocycles. The van der Waals surface area contributed by atoms with Gasteiger partial charge in [-0.3, -0.25) is 0 Å². The third-order valence-electron chi connectivity index (χ3n) is 2.93. The van der Waals surface area contributed by atoms with Gasteiger partial charge in [0, 0.05) is 32.7 Å². The molecule has 0 saturated carbocycles. The fourth-order valence-electron chi connectivity index (χ4n) is 2.00. The summed E-state index contributed by atoms with van der Waals surface area (Å²) >= 11 is 22.6. The smallest absolute Gasteiger partial charge is 0.242 e. The van der Waals surface area contributed by atoms with E-state index in [2.05, 4.69) is 11.2 Å². The fraction of sp³-hybridized carbons (Fsp3) is 0.600. The minimum absolute atomic E-state index is 0. The standard InChI is InChI=1S/C10H10Cl3N2O4S2.Y/c11-10(12,13)21(20)7-6(17)5(4-16)19-8(7)15-3-1-2-14-9(15)18;/h1,3,5-8,16-17H,4H2;/q-1;/t5-,6+,7?,8-,21?;/m1./s1. The number of alkyl halides is 3. The number of aliphatic hydroxyl groups excluding tert-OH is 2. The van der Waals surface area contributed by atoms with Crippen molar-refractivity contribution < 1.29 is 47.7 Å². The molecule has 0 bridgehead atoms. The molecule has 12 heteroatoms. The van der Waals surface area contributed by atoms with Crippen LogP contribution in [0, 0.1) is 6.20 Å². The van der Waals surface area contributed by atoms with Crippen LogP contribution in [0.25, 0.3) is 0 Å². The zero-order valence-electron chi connectivity index (χ0n) is 10.8. The zero-order valence-corrected chi connectivity index (χ0v) is 17.5. The van der Waals surface area contributed by atoms with Crippen LogP contribution in [0.3, 0.4) is 0 Å². The van der Waals surface area contributed by atoms with Crippen LogP contribution < -0.4 is 5.69 Å². The monoisotopic (exact) mass is 480 g/mol. The Labute approximate surface area is 173 Å². The first-order chi connectivity index (χ1) is 9.77. The van der Waals surface area contributed by atoms with Crippen LogP contribution in [-0.4, -0.2) is 47.0 Å². The van der Waals surface area contributed by atoms with Gasteiger partial charge in [0.2, 0.25) is 8.81 Å². The van der Waals surface area contributed by atoms with Gasteiger partial charge in [-0.15, -0.1) is 6.07 Å². The molecule has 1 radical (unpaired) electrons. The molecular formula is C10H10Cl3N2O4S2Y-. The van der Waals surface area contributed by atoms with Crippen LogP contribution in [0.4, 0.5) is 0 Å². The van der Waals surface area contributed by atoms with Crippen LogP contribution in [0.5, 0.6) is 0 Å². The summed E-state index contributed by atoms with van der Waals surface area (Å²) in [6.45, 7) is -0.457. The molecule has 22 heavy (non-hydrogen) atoms. The molecule has 2 N–H and O–H groups in total. The Bertz CT molecular complexity index is 600. The summed E-state index contributed by atoms with van der Waals surface area (Å²) in [5, 5.41) is 18.6. The third kappa shape index (κ3) is 4.47. The Balaban J connectivity index is 0.00000242. The van der Waals surface area contributed by atoms with Crippen molar-refractivity contribution in [2.75, 3.05) is 6.61 Å². The zero-order chi connectivity index (χ0) is 15.8. The predicted octanol–water partition coefficient (Wildman–Crippen LogP) is 0.0681. The maximum Gasteiger partial charge on any atom is 0.242 e. The molecule has 1 saturated heterocycles. The second-order valence-corrected chi connectivity index (χ2v) is 9.97. The molecule has 2 rings (SSSR count). The molecule has 1 fully saturated rings. The van der Waals surface area contributed by atoms with Gasteiger partial charge >= 0.3 is 0 Å². The van der Waals surface area contributed by atoms with Gasteiger partial charge in [-0.05, 0) is 11.2 Å². The summed E-state index contributed by atoms with van der Waals surface area (Å²) < 4.78 is 4.81. The van der Waals surface area contributed by atoms with Crippen LogP contribution in [-0.2, 0) is 58.1 Å². The maximum absolute atomic E-state index is 11.8. The number of aromatic nitrogens is 2. The molecule has 0 aliphatic carbocycles. The molecular weight excluding hydrogens is 472 g/mol. The van der Waals surface area contributed by atoms with Crippen LogP contribution >= 0.6 is 34.8 Å². The van der Waals surface area contributed by atoms with Gasteiger partial charge in [-0.2, -0.15) is 0 Å². The average Bonchev–Trinajstić information content (AvgIpc) is 2.74. The summed E-state index contributed by atoms with van der Waals surface area (Å²) in [7, 11) is -1.36. The number of hydrogen-bond acceptors (Lipinski definition) is 6. The maximum atomic E-state index is 11.8. The van der Waals surface area contributed by atoms with Crippen molar-refractivity contribution in [3.8, 4) is 0 Å². The van der Waals surface area contributed by atoms with E-state index in [0.717, 1.165) is 4.57 Å². The Morgan fingerprint density at radius 3 is 2.68 bits per heavy atom. The molecule has 121 valence electrons. The summed E-state index contributed by atoms with van der Waals surface area (Å²) in [4.78, 5) is 15.3. The van der Waals surface area contributed by atoms with E-state index < -0.39 is 48.6 Å². The Morgan fingerprint density at radius 1 is 1.55 bits per heavy atom. The second-order valence-electron chi connectivity index (χ2n) is 4.19. The Hall–Kier alpha value is 1.30. The van der Waals surface area contributed by atoms with Crippen molar-refractivity contribution in [2.45, 2.75) is 26.8 Å². The second kappa shape index (κ2) is 8.60. The third-order valence-corrected chi connectivity index (χ3v) is 8.13. The summed E-state index contributed by atoms with van der Waals surface area (Å²) in [5.41, 5.74) is -0.644. The first kappa shape index (κ1) is 21.3. The van der Waals surface area contributed by atoms with Gasteiger partial charge in [-0.25, -0.2) is 0 Å². The van der Waals surface area contributed by atoms with Crippen molar-refractivity contribution in [1.29, 1.82) is 0 Å². The van der Waals surface area contributed by atoms with Gasteiger partial charge in [0.25, 0.3) is 0 Å². The van der Waals surface area contributed by atoms with Crippen LogP contribution in [0.2, 0.25) is 0 Å². The van der Waals surface area contributed by atoms with Crippen molar-refractivity contribution >= 4 is 55.4 Å². The van der Waals surface area contributed by atoms with E-state index in [0.29, 0.717) is 0 Å². The van der Waals surface area contributed by atoms with E-state index in [-0.39, 0.29) is 32.7 Å². The number of halogens is 3. The summed E-state index contributed by atoms with van der Waals surface area (Å²) in [5.74, 6) is 0. The van der Waals surface area contributed by atoms with Crippen LogP contribution in [0.1, 0.15) is 6.23 Å². The molecule has 6 nitrogen and oxygen atoms in total. The van der Waals surface area contributed by atoms with Gasteiger partial charge in [0.15, 0.2) is 0 Å². The largest absolute Gasteiger partial charge is 0.394 e. The molecule has 0 amide bonds. The number of ether oxygens (including phenoxy) is 1. The van der Waals surface area contributed by atoms with Crippen LogP contribution in [0.15, 0.2) is 17.1 Å². The normalized spacial score (nSPS) is 29.9. The van der Waals surface area contributed by atoms with Gasteiger partial charge < -0.3 is 29.3 Å². The molecule has 1 aromatic heterocycles. The van der Waals surface area contributed by atoms with Gasteiger partial charge in [0.1, 0.15) is 12.3 Å². The fourth-order valence-corrected chi connectivity index (χ4v) is 4.70. The minimum atomic E-state index is -1.81. The van der Waals surface area contributed by atoms with Crippen molar-refractivity contribution in [3.63, 3.8) is 0 Å². The van der Waals surface area contributed by atoms with E-state index in [4.69, 9.17) is 50.7 Å².